The van der Waals surface area contributed by atoms with Crippen LogP contribution in [0.5, 0.6) is 0 Å². The third kappa shape index (κ3) is 2.77. The lowest BCUT2D eigenvalue weighted by molar-refractivity contribution is 0.925. The smallest absolute Gasteiger partial charge is 0.177 e. The average Bonchev–Trinajstić information content (AvgIpc) is 2.95. The number of thioether (sulfide) groups is 1. The minimum atomic E-state index is 0.634. The molecule has 0 fully saturated rings. The Bertz CT molecular complexity index is 734. The number of hydrazone groups is 1. The maximum Gasteiger partial charge on any atom is 0.177 e. The Morgan fingerprint density at radius 1 is 1.20 bits per heavy atom. The van der Waals surface area contributed by atoms with Crippen LogP contribution >= 0.6 is 11.8 Å². The van der Waals surface area contributed by atoms with Crippen LogP contribution in [0.2, 0.25) is 0 Å². The molecule has 0 aliphatic rings. The summed E-state index contributed by atoms with van der Waals surface area (Å²) < 4.78 is 1.59. The number of rotatable bonds is 4. The number of hydrogen-bond acceptors (Lipinski definition) is 6. The van der Waals surface area contributed by atoms with Gasteiger partial charge < -0.3 is 0 Å². The van der Waals surface area contributed by atoms with Crippen molar-refractivity contribution in [3.63, 3.8) is 0 Å². The largest absolute Gasteiger partial charge is 0.260 e. The second-order valence-corrected chi connectivity index (χ2v) is 4.88. The molecule has 100 valence electrons. The van der Waals surface area contributed by atoms with Gasteiger partial charge >= 0.3 is 0 Å². The summed E-state index contributed by atoms with van der Waals surface area (Å²) in [6.07, 6.45) is 5.35. The summed E-state index contributed by atoms with van der Waals surface area (Å²) in [7, 11) is 0. The molecule has 1 N–H and O–H groups in total. The van der Waals surface area contributed by atoms with E-state index >= 15 is 0 Å². The lowest BCUT2D eigenvalue weighted by Gasteiger charge is -1.99. The van der Waals surface area contributed by atoms with E-state index in [1.807, 2.05) is 18.2 Å². The van der Waals surface area contributed by atoms with E-state index in [0.29, 0.717) is 11.5 Å². The number of nitrogens with zero attached hydrogens (tertiary/aromatic N) is 5. The van der Waals surface area contributed by atoms with Crippen molar-refractivity contribution in [2.75, 3.05) is 11.7 Å². The van der Waals surface area contributed by atoms with Crippen molar-refractivity contribution >= 4 is 29.4 Å². The first-order chi connectivity index (χ1) is 9.85. The topological polar surface area (TPSA) is 67.5 Å². The number of nitrogens with one attached hydrogen (secondary N) is 1. The molecule has 0 aliphatic carbocycles. The van der Waals surface area contributed by atoms with Crippen molar-refractivity contribution in [3.05, 3.63) is 48.3 Å². The lowest BCUT2D eigenvalue weighted by Crippen LogP contribution is -1.98. The predicted octanol–water partition coefficient (Wildman–Crippen LogP) is 2.29. The number of hydrogen-bond donors (Lipinski definition) is 1. The molecule has 7 heteroatoms. The minimum Gasteiger partial charge on any atom is -0.260 e. The fraction of sp³-hybridized carbons (Fsp3) is 0.0769. The van der Waals surface area contributed by atoms with E-state index in [0.717, 1.165) is 5.56 Å². The zero-order chi connectivity index (χ0) is 13.8. The van der Waals surface area contributed by atoms with Crippen molar-refractivity contribution in [2.45, 2.75) is 4.90 Å². The van der Waals surface area contributed by atoms with E-state index in [2.05, 4.69) is 44.2 Å². The lowest BCUT2D eigenvalue weighted by atomic mass is 10.2. The second-order valence-electron chi connectivity index (χ2n) is 4.00. The maximum absolute atomic E-state index is 4.26. The molecule has 0 radical (unpaired) electrons. The highest BCUT2D eigenvalue weighted by atomic mass is 32.2. The molecule has 0 bridgehead atoms. The number of fused-ring (bicyclic) bond motifs is 1. The van der Waals surface area contributed by atoms with Gasteiger partial charge in [-0.15, -0.1) is 27.1 Å². The molecular formula is C13H12N6S. The Morgan fingerprint density at radius 3 is 2.85 bits per heavy atom. The third-order valence-corrected chi connectivity index (χ3v) is 3.41. The Labute approximate surface area is 119 Å². The average molecular weight is 284 g/mol. The summed E-state index contributed by atoms with van der Waals surface area (Å²) in [6, 6.07) is 11.8. The molecular weight excluding hydrogens is 272 g/mol. The Morgan fingerprint density at radius 2 is 2.05 bits per heavy atom. The molecule has 2 aromatic heterocycles. The highest BCUT2D eigenvalue weighted by Gasteiger charge is 1.97. The summed E-state index contributed by atoms with van der Waals surface area (Å²) in [5, 5.41) is 16.1. The van der Waals surface area contributed by atoms with Gasteiger partial charge in [-0.25, -0.2) is 0 Å². The molecule has 20 heavy (non-hydrogen) atoms. The van der Waals surface area contributed by atoms with Gasteiger partial charge in [0.05, 0.1) is 6.21 Å². The summed E-state index contributed by atoms with van der Waals surface area (Å²) >= 11 is 1.72. The van der Waals surface area contributed by atoms with E-state index in [4.69, 9.17) is 0 Å². The molecule has 0 saturated heterocycles. The fourth-order valence-electron chi connectivity index (χ4n) is 1.65. The van der Waals surface area contributed by atoms with Gasteiger partial charge in [-0.3, -0.25) is 5.43 Å². The van der Waals surface area contributed by atoms with Crippen LogP contribution in [0.25, 0.3) is 5.65 Å². The summed E-state index contributed by atoms with van der Waals surface area (Å²) in [5.41, 5.74) is 4.61. The molecule has 0 atom stereocenters. The Kier molecular flexibility index (Phi) is 3.60. The highest BCUT2D eigenvalue weighted by Crippen LogP contribution is 2.14. The van der Waals surface area contributed by atoms with Crippen LogP contribution in [0.4, 0.5) is 5.82 Å². The maximum atomic E-state index is 4.26. The van der Waals surface area contributed by atoms with Crippen LogP contribution in [-0.4, -0.2) is 32.3 Å². The first kappa shape index (κ1) is 12.6. The van der Waals surface area contributed by atoms with Crippen LogP contribution in [0.3, 0.4) is 0 Å². The summed E-state index contributed by atoms with van der Waals surface area (Å²) in [6.45, 7) is 0. The van der Waals surface area contributed by atoms with E-state index < -0.39 is 0 Å². The third-order valence-electron chi connectivity index (χ3n) is 2.67. The second kappa shape index (κ2) is 5.70. The Hall–Kier alpha value is -2.41. The van der Waals surface area contributed by atoms with E-state index in [1.54, 1.807) is 34.9 Å². The van der Waals surface area contributed by atoms with Gasteiger partial charge in [0.15, 0.2) is 11.5 Å². The first-order valence-electron chi connectivity index (χ1n) is 5.95. The normalized spacial score (nSPS) is 11.2. The fourth-order valence-corrected chi connectivity index (χ4v) is 2.06. The minimum absolute atomic E-state index is 0.634. The van der Waals surface area contributed by atoms with Gasteiger partial charge in [0.2, 0.25) is 0 Å². The van der Waals surface area contributed by atoms with Crippen LogP contribution in [0.1, 0.15) is 5.56 Å². The SMILES string of the molecule is CSc1ccc(C=NNc2ccc3nncn3n2)cc1. The standard InChI is InChI=1S/C13H12N6S/c1-20-11-4-2-10(3-5-11)8-14-16-12-6-7-13-17-15-9-19(13)18-12/h2-9H,1H3,(H,16,18). The van der Waals surface area contributed by atoms with Gasteiger partial charge in [-0.1, -0.05) is 12.1 Å². The van der Waals surface area contributed by atoms with E-state index in [-0.39, 0.29) is 0 Å². The van der Waals surface area contributed by atoms with Gasteiger partial charge in [0, 0.05) is 4.90 Å². The zero-order valence-electron chi connectivity index (χ0n) is 10.8. The molecule has 0 saturated carbocycles. The van der Waals surface area contributed by atoms with Crippen molar-refractivity contribution in [3.8, 4) is 0 Å². The molecule has 2 heterocycles. The van der Waals surface area contributed by atoms with Crippen molar-refractivity contribution in [2.24, 2.45) is 5.10 Å². The van der Waals surface area contributed by atoms with Crippen molar-refractivity contribution in [1.29, 1.82) is 0 Å². The quantitative estimate of drug-likeness (QED) is 0.452. The summed E-state index contributed by atoms with van der Waals surface area (Å²) in [4.78, 5) is 1.23. The Balaban J connectivity index is 1.69. The monoisotopic (exact) mass is 284 g/mol. The highest BCUT2D eigenvalue weighted by molar-refractivity contribution is 7.98. The van der Waals surface area contributed by atoms with Gasteiger partial charge in [-0.05, 0) is 36.1 Å². The molecule has 6 nitrogen and oxygen atoms in total. The van der Waals surface area contributed by atoms with Crippen molar-refractivity contribution < 1.29 is 0 Å². The molecule has 1 aromatic carbocycles. The molecule has 0 amide bonds. The van der Waals surface area contributed by atoms with Crippen LogP contribution < -0.4 is 5.43 Å². The molecule has 0 aliphatic heterocycles. The van der Waals surface area contributed by atoms with Gasteiger partial charge in [0.1, 0.15) is 6.33 Å². The van der Waals surface area contributed by atoms with Gasteiger partial charge in [-0.2, -0.15) is 9.62 Å². The molecule has 0 spiro atoms. The number of benzene rings is 1. The molecule has 0 unspecified atom stereocenters. The molecule has 3 rings (SSSR count). The predicted molar refractivity (Wildman–Crippen MR) is 80.2 cm³/mol. The van der Waals surface area contributed by atoms with Crippen LogP contribution in [0, 0.1) is 0 Å². The van der Waals surface area contributed by atoms with Crippen LogP contribution in [0.15, 0.2) is 52.7 Å². The van der Waals surface area contributed by atoms with E-state index in [9.17, 15) is 0 Å². The number of aromatic nitrogens is 4. The molecule has 3 aromatic rings. The van der Waals surface area contributed by atoms with Crippen LogP contribution in [-0.2, 0) is 0 Å². The van der Waals surface area contributed by atoms with E-state index in [1.165, 1.54) is 4.90 Å². The van der Waals surface area contributed by atoms with Crippen molar-refractivity contribution in [1.82, 2.24) is 19.8 Å². The van der Waals surface area contributed by atoms with Gasteiger partial charge in [0.25, 0.3) is 0 Å². The summed E-state index contributed by atoms with van der Waals surface area (Å²) in [5.74, 6) is 0.634. The zero-order valence-corrected chi connectivity index (χ0v) is 11.6. The first-order valence-corrected chi connectivity index (χ1v) is 7.18. The number of anilines is 1.